The van der Waals surface area contributed by atoms with Crippen LogP contribution in [-0.2, 0) is 17.9 Å². The lowest BCUT2D eigenvalue weighted by molar-refractivity contribution is -0.141. The number of aromatic nitrogens is 8. The maximum absolute atomic E-state index is 13.7. The normalized spacial score (nSPS) is 18.7. The van der Waals surface area contributed by atoms with E-state index >= 15 is 0 Å². The average Bonchev–Trinajstić information content (AvgIpc) is 3.67. The number of carbonyl (C=O) groups is 1. The minimum atomic E-state index is -4.71. The van der Waals surface area contributed by atoms with Crippen LogP contribution in [0.3, 0.4) is 0 Å². The number of nitrogens with one attached hydrogen (secondary N) is 1. The molecule has 15 heteroatoms. The summed E-state index contributed by atoms with van der Waals surface area (Å²) in [5.41, 5.74) is -0.00747. The van der Waals surface area contributed by atoms with Crippen molar-refractivity contribution < 1.29 is 22.1 Å². The Hall–Kier alpha value is -4.85. The summed E-state index contributed by atoms with van der Waals surface area (Å²) in [6.45, 7) is -0.923. The lowest BCUT2D eigenvalue weighted by Gasteiger charge is -2.23. The summed E-state index contributed by atoms with van der Waals surface area (Å²) >= 11 is 6.23. The van der Waals surface area contributed by atoms with Crippen LogP contribution in [0.2, 0.25) is 5.02 Å². The Labute approximate surface area is 257 Å². The fourth-order valence-corrected chi connectivity index (χ4v) is 5.33. The van der Waals surface area contributed by atoms with Crippen LogP contribution in [0.5, 0.6) is 0 Å². The van der Waals surface area contributed by atoms with E-state index in [-0.39, 0.29) is 44.9 Å². The molecule has 0 fully saturated rings. The fourth-order valence-electron chi connectivity index (χ4n) is 5.16. The van der Waals surface area contributed by atoms with E-state index < -0.39 is 36.4 Å². The molecule has 0 aliphatic carbocycles. The zero-order chi connectivity index (χ0) is 33.7. The molecule has 44 heavy (non-hydrogen) atoms. The number of hydrogen-bond donors (Lipinski definition) is 1. The van der Waals surface area contributed by atoms with Gasteiger partial charge < -0.3 is 5.32 Å². The van der Waals surface area contributed by atoms with Crippen LogP contribution < -0.4 is 10.9 Å². The Bertz CT molecular complexity index is 2040. The van der Waals surface area contributed by atoms with Gasteiger partial charge in [-0.1, -0.05) is 30.2 Å². The lowest BCUT2D eigenvalue weighted by Crippen LogP contribution is -2.26. The number of nitrogens with zero attached hydrogens (tertiary/aromatic N) is 8. The average molecular weight is 627 g/mol. The van der Waals surface area contributed by atoms with Crippen LogP contribution in [0, 0.1) is 5.92 Å². The molecule has 0 radical (unpaired) electrons. The van der Waals surface area contributed by atoms with Crippen molar-refractivity contribution in [2.75, 3.05) is 5.32 Å². The Balaban J connectivity index is 1.44. The molecule has 1 amide bonds. The van der Waals surface area contributed by atoms with E-state index in [0.29, 0.717) is 24.8 Å². The van der Waals surface area contributed by atoms with E-state index in [1.807, 2.05) is 0 Å². The zero-order valence-electron chi connectivity index (χ0n) is 26.0. The highest BCUT2D eigenvalue weighted by Crippen LogP contribution is 2.34. The van der Waals surface area contributed by atoms with Crippen molar-refractivity contribution in [1.82, 2.24) is 39.3 Å². The fraction of sp³-hybridized carbons (Fsp3) is 0.276. The maximum Gasteiger partial charge on any atom is 0.436 e. The van der Waals surface area contributed by atoms with Crippen molar-refractivity contribution in [3.63, 3.8) is 0 Å². The van der Waals surface area contributed by atoms with Crippen LogP contribution in [0.15, 0.2) is 66.1 Å². The topological polar surface area (TPSA) is 125 Å². The van der Waals surface area contributed by atoms with Gasteiger partial charge in [0.1, 0.15) is 5.69 Å². The van der Waals surface area contributed by atoms with Crippen molar-refractivity contribution in [2.24, 2.45) is 12.9 Å². The second-order valence-electron chi connectivity index (χ2n) is 10.4. The zero-order valence-corrected chi connectivity index (χ0v) is 23.7. The molecule has 6 rings (SSSR count). The second-order valence-corrected chi connectivity index (χ2v) is 10.8. The molecule has 226 valence electrons. The summed E-state index contributed by atoms with van der Waals surface area (Å²) in [6, 6.07) is 8.36. The smallest absolute Gasteiger partial charge is 0.323 e. The lowest BCUT2D eigenvalue weighted by atomic mass is 9.95. The summed E-state index contributed by atoms with van der Waals surface area (Å²) in [4.78, 5) is 35.6. The Morgan fingerprint density at radius 2 is 1.93 bits per heavy atom. The number of hydrogen-bond acceptors (Lipinski definition) is 7. The molecule has 2 atom stereocenters. The van der Waals surface area contributed by atoms with Crippen LogP contribution in [0.4, 0.5) is 18.9 Å². The summed E-state index contributed by atoms with van der Waals surface area (Å²) in [5.74, 6) is -0.765. The molecule has 2 bridgehead atoms. The number of fused-ring (bicyclic) bond motifs is 4. The monoisotopic (exact) mass is 626 g/mol. The van der Waals surface area contributed by atoms with Gasteiger partial charge in [-0.3, -0.25) is 23.8 Å². The summed E-state index contributed by atoms with van der Waals surface area (Å²) in [6.07, 6.45) is 1.51. The molecule has 11 nitrogen and oxygen atoms in total. The van der Waals surface area contributed by atoms with E-state index in [4.69, 9.17) is 15.7 Å². The SMILES string of the molecule is [2H]C([2H])([2H])n1ncc2c1-c1cc(ccn1)[C@@H](n1cnc(-c3cc(Cl)ccc3-n3cc(C(F)(F)F)nn3)cc1=O)CCC[C@@H](C)C(=O)N2. The molecule has 0 saturated carbocycles. The Morgan fingerprint density at radius 1 is 1.09 bits per heavy atom. The molecule has 1 aliphatic heterocycles. The largest absolute Gasteiger partial charge is 0.436 e. The number of halogens is 4. The second kappa shape index (κ2) is 11.3. The Kier molecular flexibility index (Phi) is 6.60. The standard InChI is InChI=1S/C29H25ClF3N9O2/c1-16-4-3-5-23(17-8-9-34-21(10-17)27-22(37-28(16)44)13-36-40(27)2)41-15-35-20(12-26(41)43)19-11-18(30)6-7-24(19)42-14-25(38-39-42)29(31,32)33/h6-16,23H,3-5H2,1-2H3,(H,37,44)/t16-,23+/m1/s1/i2D3. The highest BCUT2D eigenvalue weighted by Gasteiger charge is 2.35. The van der Waals surface area contributed by atoms with Gasteiger partial charge in [-0.15, -0.1) is 5.10 Å². The highest BCUT2D eigenvalue weighted by atomic mass is 35.5. The van der Waals surface area contributed by atoms with Gasteiger partial charge in [0.05, 0.1) is 47.5 Å². The van der Waals surface area contributed by atoms with Gasteiger partial charge in [0.25, 0.3) is 5.56 Å². The van der Waals surface area contributed by atoms with E-state index in [1.54, 1.807) is 19.1 Å². The number of rotatable bonds is 3. The summed E-state index contributed by atoms with van der Waals surface area (Å²) in [5, 5.41) is 13.9. The molecule has 0 saturated heterocycles. The maximum atomic E-state index is 13.7. The number of benzene rings is 1. The number of aryl methyl sites for hydroxylation is 1. The highest BCUT2D eigenvalue weighted by molar-refractivity contribution is 6.31. The molecule has 0 spiro atoms. The van der Waals surface area contributed by atoms with Crippen molar-refractivity contribution in [3.05, 3.63) is 87.9 Å². The summed E-state index contributed by atoms with van der Waals surface area (Å²) in [7, 11) is 0. The van der Waals surface area contributed by atoms with Crippen LogP contribution in [-0.4, -0.2) is 45.2 Å². The number of carbonyl (C=O) groups excluding carboxylic acids is 1. The number of anilines is 1. The first-order valence-electron chi connectivity index (χ1n) is 14.9. The van der Waals surface area contributed by atoms with Gasteiger partial charge >= 0.3 is 6.18 Å². The third-order valence-electron chi connectivity index (χ3n) is 7.44. The third-order valence-corrected chi connectivity index (χ3v) is 7.67. The van der Waals surface area contributed by atoms with Crippen molar-refractivity contribution in [3.8, 4) is 28.3 Å². The number of alkyl halides is 3. The predicted molar refractivity (Wildman–Crippen MR) is 155 cm³/mol. The molecule has 1 aliphatic rings. The van der Waals surface area contributed by atoms with E-state index in [1.165, 1.54) is 47.6 Å². The molecule has 5 aromatic rings. The molecular formula is C29H25ClF3N9O2. The van der Waals surface area contributed by atoms with Gasteiger partial charge in [0.15, 0.2) is 5.69 Å². The molecule has 5 heterocycles. The van der Waals surface area contributed by atoms with Crippen molar-refractivity contribution in [1.29, 1.82) is 0 Å². The minimum absolute atomic E-state index is 0.0859. The van der Waals surface area contributed by atoms with Gasteiger partial charge in [0, 0.05) is 39.9 Å². The first-order chi connectivity index (χ1) is 22.2. The van der Waals surface area contributed by atoms with Crippen molar-refractivity contribution >= 4 is 23.2 Å². The van der Waals surface area contributed by atoms with E-state index in [2.05, 4.69) is 30.7 Å². The first-order valence-corrected chi connectivity index (χ1v) is 13.8. The molecule has 1 aromatic carbocycles. The van der Waals surface area contributed by atoms with Gasteiger partial charge in [0.2, 0.25) is 5.91 Å². The van der Waals surface area contributed by atoms with Gasteiger partial charge in [-0.05, 0) is 48.7 Å². The number of pyridine rings is 1. The molecule has 1 N–H and O–H groups in total. The minimum Gasteiger partial charge on any atom is -0.323 e. The predicted octanol–water partition coefficient (Wildman–Crippen LogP) is 5.31. The molecular weight excluding hydrogens is 599 g/mol. The van der Waals surface area contributed by atoms with Crippen molar-refractivity contribution in [2.45, 2.75) is 38.4 Å². The third kappa shape index (κ3) is 5.60. The van der Waals surface area contributed by atoms with E-state index in [0.717, 1.165) is 15.6 Å². The number of amides is 1. The molecule has 0 unspecified atom stereocenters. The van der Waals surface area contributed by atoms with Crippen LogP contribution >= 0.6 is 11.6 Å². The van der Waals surface area contributed by atoms with Gasteiger partial charge in [-0.2, -0.15) is 18.3 Å². The van der Waals surface area contributed by atoms with E-state index in [9.17, 15) is 22.8 Å². The van der Waals surface area contributed by atoms with Gasteiger partial charge in [-0.25, -0.2) is 9.67 Å². The first kappa shape index (κ1) is 25.6. The quantitative estimate of drug-likeness (QED) is 0.288. The van der Waals surface area contributed by atoms with Crippen LogP contribution in [0.1, 0.15) is 47.6 Å². The Morgan fingerprint density at radius 3 is 2.68 bits per heavy atom. The molecule has 4 aromatic heterocycles. The summed E-state index contributed by atoms with van der Waals surface area (Å²) < 4.78 is 66.7. The van der Waals surface area contributed by atoms with Crippen LogP contribution in [0.25, 0.3) is 28.3 Å².